The van der Waals surface area contributed by atoms with Crippen LogP contribution in [0.1, 0.15) is 58.8 Å². The minimum Gasteiger partial charge on any atom is -0.132 e. The van der Waals surface area contributed by atoms with Crippen molar-refractivity contribution in [2.75, 3.05) is 0 Å². The van der Waals surface area contributed by atoms with Gasteiger partial charge < -0.3 is 0 Å². The molecular weight excluding hydrogens is 195 g/mol. The van der Waals surface area contributed by atoms with E-state index < -0.39 is 0 Å². The summed E-state index contributed by atoms with van der Waals surface area (Å²) < 4.78 is 2.97. The van der Waals surface area contributed by atoms with Crippen LogP contribution in [0.2, 0.25) is 4.78 Å². The molecule has 15 heavy (non-hydrogen) atoms. The number of allylic oxidation sites excluding steroid dienone is 4. The van der Waals surface area contributed by atoms with E-state index in [2.05, 4.69) is 32.1 Å². The Morgan fingerprint density at radius 2 is 1.87 bits per heavy atom. The summed E-state index contributed by atoms with van der Waals surface area (Å²) in [5, 5.41) is 0. The van der Waals surface area contributed by atoms with Crippen LogP contribution in [0.3, 0.4) is 0 Å². The molecule has 0 aromatic carbocycles. The van der Waals surface area contributed by atoms with Crippen LogP contribution in [-0.2, 0) is 0 Å². The van der Waals surface area contributed by atoms with Crippen LogP contribution in [-0.4, -0.2) is 15.2 Å². The Balaban J connectivity index is 0.000000245. The summed E-state index contributed by atoms with van der Waals surface area (Å²) >= 11 is 0.163. The lowest BCUT2D eigenvalue weighted by Gasteiger charge is -2.05. The molecule has 0 unspecified atom stereocenters. The summed E-state index contributed by atoms with van der Waals surface area (Å²) in [7, 11) is 0. The lowest BCUT2D eigenvalue weighted by Crippen LogP contribution is -2.01. The quantitative estimate of drug-likeness (QED) is 0.617. The fourth-order valence-electron chi connectivity index (χ4n) is 2.23. The van der Waals surface area contributed by atoms with Gasteiger partial charge in [-0.3, -0.25) is 0 Å². The molecule has 0 amide bonds. The van der Waals surface area contributed by atoms with Crippen molar-refractivity contribution in [2.24, 2.45) is 0 Å². The maximum atomic E-state index is 2.37. The molecule has 2 aliphatic carbocycles. The molecule has 84 valence electrons. The Kier molecular flexibility index (Phi) is 7.15. The van der Waals surface area contributed by atoms with Crippen molar-refractivity contribution in [3.05, 3.63) is 22.7 Å². The zero-order valence-corrected chi connectivity index (χ0v) is 11.9. The zero-order chi connectivity index (χ0) is 10.9. The van der Waals surface area contributed by atoms with Crippen molar-refractivity contribution >= 4 is 15.2 Å². The molecule has 2 aliphatic rings. The Bertz CT molecular complexity index is 207. The smallest absolute Gasteiger partial charge is 0.132 e. The first-order valence-corrected chi connectivity index (χ1v) is 8.23. The van der Waals surface area contributed by atoms with Crippen molar-refractivity contribution < 1.29 is 0 Å². The highest BCUT2D eigenvalue weighted by molar-refractivity contribution is 6.47. The SMILES string of the molecule is C1=CC[C]([AlH][CH]2CCCC2)=C1.CCCC. The van der Waals surface area contributed by atoms with Gasteiger partial charge in [-0.25, -0.2) is 0 Å². The molecule has 0 atom stereocenters. The van der Waals surface area contributed by atoms with Crippen LogP contribution in [0.25, 0.3) is 0 Å². The maximum absolute atomic E-state index is 2.37. The highest BCUT2D eigenvalue weighted by Gasteiger charge is 2.18. The summed E-state index contributed by atoms with van der Waals surface area (Å²) in [4.78, 5) is 0. The first kappa shape index (κ1) is 13.1. The second-order valence-electron chi connectivity index (χ2n) is 4.81. The van der Waals surface area contributed by atoms with Gasteiger partial charge in [-0.05, 0) is 6.42 Å². The molecular formula is C14H25Al. The predicted octanol–water partition coefficient (Wildman–Crippen LogP) is 4.44. The van der Waals surface area contributed by atoms with E-state index in [-0.39, 0.29) is 15.2 Å². The molecule has 0 nitrogen and oxygen atoms in total. The summed E-state index contributed by atoms with van der Waals surface area (Å²) in [6.45, 7) is 4.36. The Morgan fingerprint density at radius 3 is 2.33 bits per heavy atom. The summed E-state index contributed by atoms with van der Waals surface area (Å²) in [6, 6.07) is 0. The Hall–Kier alpha value is 0.0125. The molecule has 2 rings (SSSR count). The third kappa shape index (κ3) is 5.59. The fourth-order valence-corrected chi connectivity index (χ4v) is 4.56. The van der Waals surface area contributed by atoms with Crippen LogP contribution in [0, 0.1) is 0 Å². The molecule has 0 bridgehead atoms. The standard InChI is InChI=1S/C5H9.C5H5.C4H10.Al.H/c2*1-2-4-5-3-1;1-3-4-2;;/h1H,2-5H2;1-3H,4H2;3-4H2,1-2H3;;. The van der Waals surface area contributed by atoms with Gasteiger partial charge in [0.05, 0.1) is 0 Å². The molecule has 0 N–H and O–H groups in total. The molecule has 0 aromatic rings. The maximum Gasteiger partial charge on any atom is 0.279 e. The van der Waals surface area contributed by atoms with Gasteiger partial charge in [-0.15, -0.1) is 4.44 Å². The van der Waals surface area contributed by atoms with Crippen LogP contribution in [0.5, 0.6) is 0 Å². The third-order valence-corrected chi connectivity index (χ3v) is 5.82. The van der Waals surface area contributed by atoms with Gasteiger partial charge in [0.15, 0.2) is 0 Å². The van der Waals surface area contributed by atoms with Crippen molar-refractivity contribution in [1.29, 1.82) is 0 Å². The minimum absolute atomic E-state index is 0.163. The van der Waals surface area contributed by atoms with Crippen LogP contribution in [0.4, 0.5) is 0 Å². The van der Waals surface area contributed by atoms with Gasteiger partial charge in [-0.2, -0.15) is 0 Å². The fraction of sp³-hybridized carbons (Fsp3) is 0.714. The largest absolute Gasteiger partial charge is 0.279 e. The number of unbranched alkanes of at least 4 members (excludes halogenated alkanes) is 1. The van der Waals surface area contributed by atoms with E-state index in [4.69, 9.17) is 0 Å². The molecule has 0 radical (unpaired) electrons. The lowest BCUT2D eigenvalue weighted by molar-refractivity contribution is 0.868. The lowest BCUT2D eigenvalue weighted by atomic mass is 10.4. The second-order valence-corrected chi connectivity index (χ2v) is 7.28. The van der Waals surface area contributed by atoms with E-state index >= 15 is 0 Å². The Labute approximate surface area is 102 Å². The number of rotatable bonds is 3. The van der Waals surface area contributed by atoms with Crippen molar-refractivity contribution in [1.82, 2.24) is 0 Å². The van der Waals surface area contributed by atoms with Gasteiger partial charge in [0, 0.05) is 0 Å². The minimum atomic E-state index is 0.163. The van der Waals surface area contributed by atoms with Gasteiger partial charge >= 0.3 is 0 Å². The second kappa shape index (κ2) is 8.20. The summed E-state index contributed by atoms with van der Waals surface area (Å²) in [5.41, 5.74) is 0. The van der Waals surface area contributed by atoms with Crippen LogP contribution < -0.4 is 0 Å². The van der Waals surface area contributed by atoms with Gasteiger partial charge in [0.1, 0.15) is 0 Å². The zero-order valence-electron chi connectivity index (χ0n) is 10.5. The summed E-state index contributed by atoms with van der Waals surface area (Å²) in [5.74, 6) is 0. The number of hydrogen-bond donors (Lipinski definition) is 0. The van der Waals surface area contributed by atoms with E-state index in [1.165, 1.54) is 36.9 Å². The van der Waals surface area contributed by atoms with Crippen molar-refractivity contribution in [3.63, 3.8) is 0 Å². The van der Waals surface area contributed by atoms with E-state index in [0.717, 1.165) is 0 Å². The van der Waals surface area contributed by atoms with Gasteiger partial charge in [0.25, 0.3) is 15.2 Å². The van der Waals surface area contributed by atoms with E-state index in [1.54, 1.807) is 17.3 Å². The molecule has 1 heteroatoms. The van der Waals surface area contributed by atoms with Gasteiger partial charge in [-0.1, -0.05) is 75.4 Å². The van der Waals surface area contributed by atoms with E-state index in [0.29, 0.717) is 0 Å². The molecule has 0 aromatic heterocycles. The average Bonchev–Trinajstić information content (AvgIpc) is 2.92. The first-order valence-electron chi connectivity index (χ1n) is 6.71. The third-order valence-electron chi connectivity index (χ3n) is 3.37. The normalized spacial score (nSPS) is 19.7. The first-order chi connectivity index (χ1) is 7.36. The molecule has 0 spiro atoms. The molecule has 0 aliphatic heterocycles. The highest BCUT2D eigenvalue weighted by Crippen LogP contribution is 2.31. The summed E-state index contributed by atoms with van der Waals surface area (Å²) in [6.07, 6.45) is 17.0. The Morgan fingerprint density at radius 1 is 1.20 bits per heavy atom. The van der Waals surface area contributed by atoms with Crippen LogP contribution in [0.15, 0.2) is 22.7 Å². The monoisotopic (exact) mass is 220 g/mol. The average molecular weight is 220 g/mol. The highest BCUT2D eigenvalue weighted by atomic mass is 27.1. The van der Waals surface area contributed by atoms with Crippen molar-refractivity contribution in [2.45, 2.75) is 63.6 Å². The molecule has 0 heterocycles. The van der Waals surface area contributed by atoms with E-state index in [9.17, 15) is 0 Å². The van der Waals surface area contributed by atoms with Crippen molar-refractivity contribution in [3.8, 4) is 0 Å². The molecule has 1 fully saturated rings. The molecule has 0 saturated heterocycles. The molecule has 1 saturated carbocycles. The topological polar surface area (TPSA) is 0 Å². The van der Waals surface area contributed by atoms with E-state index in [1.807, 2.05) is 0 Å². The van der Waals surface area contributed by atoms with Crippen LogP contribution >= 0.6 is 0 Å². The number of hydrogen-bond acceptors (Lipinski definition) is 0. The van der Waals surface area contributed by atoms with Gasteiger partial charge in [0.2, 0.25) is 0 Å². The predicted molar refractivity (Wildman–Crippen MR) is 71.8 cm³/mol.